The Kier molecular flexibility index (Phi) is 14.5. The van der Waals surface area contributed by atoms with Crippen LogP contribution in [0.4, 0.5) is 0 Å². The number of carboxylic acids is 1. The highest BCUT2D eigenvalue weighted by atomic mass is 16.4. The van der Waals surface area contributed by atoms with Crippen molar-refractivity contribution in [1.29, 1.82) is 0 Å². The monoisotopic (exact) mass is 296 g/mol. The molecule has 0 unspecified atom stereocenters. The topological polar surface area (TPSA) is 57.5 Å². The van der Waals surface area contributed by atoms with E-state index in [1.807, 2.05) is 0 Å². The Bertz CT molecular complexity index is 295. The molecule has 0 heterocycles. The molecule has 0 spiro atoms. The Morgan fingerprint density at radius 2 is 1.57 bits per heavy atom. The van der Waals surface area contributed by atoms with Gasteiger partial charge >= 0.3 is 5.97 Å². The molecule has 3 heteroatoms. The van der Waals surface area contributed by atoms with Gasteiger partial charge in [0.2, 0.25) is 0 Å². The smallest absolute Gasteiger partial charge is 0.303 e. The molecule has 0 aromatic heterocycles. The normalized spacial score (nSPS) is 13.2. The van der Waals surface area contributed by atoms with Crippen LogP contribution in [0.3, 0.4) is 0 Å². The zero-order valence-electron chi connectivity index (χ0n) is 13.5. The highest BCUT2D eigenvalue weighted by Gasteiger charge is 1.99. The summed E-state index contributed by atoms with van der Waals surface area (Å²) in [6.07, 6.45) is 18.4. The highest BCUT2D eigenvalue weighted by Crippen LogP contribution is 2.07. The summed E-state index contributed by atoms with van der Waals surface area (Å²) in [5, 5.41) is 18.3. The molecule has 0 fully saturated rings. The maximum atomic E-state index is 10.3. The molecular formula is C18H32O3. The number of aliphatic hydroxyl groups is 1. The summed E-state index contributed by atoms with van der Waals surface area (Å²) in [7, 11) is 0. The van der Waals surface area contributed by atoms with Crippen LogP contribution in [0.1, 0.15) is 77.6 Å². The second kappa shape index (κ2) is 15.3. The van der Waals surface area contributed by atoms with E-state index >= 15 is 0 Å². The summed E-state index contributed by atoms with van der Waals surface area (Å²) in [6.45, 7) is 2.20. The Balaban J connectivity index is 3.39. The number of hydrogen-bond donors (Lipinski definition) is 2. The Morgan fingerprint density at radius 3 is 2.24 bits per heavy atom. The fourth-order valence-electron chi connectivity index (χ4n) is 2.06. The van der Waals surface area contributed by atoms with Gasteiger partial charge in [0.15, 0.2) is 0 Å². The van der Waals surface area contributed by atoms with Crippen LogP contribution in [0.25, 0.3) is 0 Å². The third kappa shape index (κ3) is 16.9. The molecule has 0 aliphatic rings. The largest absolute Gasteiger partial charge is 0.481 e. The van der Waals surface area contributed by atoms with E-state index in [9.17, 15) is 9.90 Å². The Labute approximate surface area is 129 Å². The second-order valence-electron chi connectivity index (χ2n) is 5.54. The number of rotatable bonds is 14. The molecule has 0 radical (unpaired) electrons. The van der Waals surface area contributed by atoms with E-state index in [2.05, 4.69) is 31.2 Å². The van der Waals surface area contributed by atoms with E-state index < -0.39 is 5.97 Å². The summed E-state index contributed by atoms with van der Waals surface area (Å²) >= 11 is 0. The molecule has 0 rings (SSSR count). The Hall–Kier alpha value is -1.09. The van der Waals surface area contributed by atoms with E-state index in [1.165, 1.54) is 19.3 Å². The van der Waals surface area contributed by atoms with E-state index in [4.69, 9.17) is 5.11 Å². The lowest BCUT2D eigenvalue weighted by Crippen LogP contribution is -2.03. The molecule has 0 amide bonds. The zero-order valence-corrected chi connectivity index (χ0v) is 13.5. The number of aliphatic hydroxyl groups excluding tert-OH is 1. The highest BCUT2D eigenvalue weighted by molar-refractivity contribution is 5.66. The van der Waals surface area contributed by atoms with E-state index in [-0.39, 0.29) is 12.5 Å². The van der Waals surface area contributed by atoms with Crippen LogP contribution < -0.4 is 0 Å². The van der Waals surface area contributed by atoms with Crippen molar-refractivity contribution in [2.75, 3.05) is 0 Å². The van der Waals surface area contributed by atoms with E-state index in [1.54, 1.807) is 0 Å². The van der Waals surface area contributed by atoms with Crippen LogP contribution in [0.2, 0.25) is 0 Å². The molecule has 0 saturated heterocycles. The average Bonchev–Trinajstić information content (AvgIpc) is 2.45. The molecule has 3 nitrogen and oxygen atoms in total. The van der Waals surface area contributed by atoms with Gasteiger partial charge in [0.25, 0.3) is 0 Å². The van der Waals surface area contributed by atoms with Crippen LogP contribution >= 0.6 is 0 Å². The number of carboxylic acid groups (broad SMARTS) is 1. The molecule has 0 aliphatic heterocycles. The van der Waals surface area contributed by atoms with Crippen molar-refractivity contribution < 1.29 is 15.0 Å². The summed E-state index contributed by atoms with van der Waals surface area (Å²) in [4.78, 5) is 10.3. The standard InChI is InChI=1S/C18H32O3/c1-2-3-4-5-8-11-14-17(19)15-12-9-6-7-10-13-16-18(20)21/h6,8-9,11,17,19H,2-5,7,10,12-16H2,1H3,(H,20,21)/b9-6-,11-8-/t17-/m1/s1. The van der Waals surface area contributed by atoms with Crippen molar-refractivity contribution in [3.63, 3.8) is 0 Å². The lowest BCUT2D eigenvalue weighted by atomic mass is 10.1. The van der Waals surface area contributed by atoms with Crippen molar-refractivity contribution >= 4 is 5.97 Å². The first-order valence-corrected chi connectivity index (χ1v) is 8.36. The fourth-order valence-corrected chi connectivity index (χ4v) is 2.06. The lowest BCUT2D eigenvalue weighted by Gasteiger charge is -2.05. The summed E-state index contributed by atoms with van der Waals surface area (Å²) in [6, 6.07) is 0. The maximum absolute atomic E-state index is 10.3. The van der Waals surface area contributed by atoms with Gasteiger partial charge in [-0.05, 0) is 51.4 Å². The number of carbonyl (C=O) groups is 1. The average molecular weight is 296 g/mol. The quantitative estimate of drug-likeness (QED) is 0.355. The van der Waals surface area contributed by atoms with Crippen LogP contribution in [0, 0.1) is 0 Å². The summed E-state index contributed by atoms with van der Waals surface area (Å²) in [5.41, 5.74) is 0. The molecule has 21 heavy (non-hydrogen) atoms. The second-order valence-corrected chi connectivity index (χ2v) is 5.54. The first-order chi connectivity index (χ1) is 10.2. The van der Waals surface area contributed by atoms with Gasteiger partial charge in [0.05, 0.1) is 6.10 Å². The minimum absolute atomic E-state index is 0.246. The van der Waals surface area contributed by atoms with Crippen LogP contribution in [-0.2, 0) is 4.79 Å². The maximum Gasteiger partial charge on any atom is 0.303 e. The van der Waals surface area contributed by atoms with Crippen LogP contribution in [-0.4, -0.2) is 22.3 Å². The lowest BCUT2D eigenvalue weighted by molar-refractivity contribution is -0.137. The van der Waals surface area contributed by atoms with Crippen molar-refractivity contribution in [2.24, 2.45) is 0 Å². The number of hydrogen-bond acceptors (Lipinski definition) is 2. The van der Waals surface area contributed by atoms with Crippen molar-refractivity contribution in [3.05, 3.63) is 24.3 Å². The molecule has 0 bridgehead atoms. The number of allylic oxidation sites excluding steroid dienone is 3. The van der Waals surface area contributed by atoms with Crippen molar-refractivity contribution in [1.82, 2.24) is 0 Å². The van der Waals surface area contributed by atoms with E-state index in [0.717, 1.165) is 44.9 Å². The van der Waals surface area contributed by atoms with Crippen LogP contribution in [0.15, 0.2) is 24.3 Å². The van der Waals surface area contributed by atoms with Gasteiger partial charge in [-0.1, -0.05) is 44.1 Å². The van der Waals surface area contributed by atoms with Gasteiger partial charge in [-0.25, -0.2) is 0 Å². The molecule has 2 N–H and O–H groups in total. The zero-order chi connectivity index (χ0) is 15.8. The van der Waals surface area contributed by atoms with Crippen LogP contribution in [0.5, 0.6) is 0 Å². The van der Waals surface area contributed by atoms with Gasteiger partial charge in [-0.3, -0.25) is 4.79 Å². The van der Waals surface area contributed by atoms with Crippen molar-refractivity contribution in [3.8, 4) is 0 Å². The number of aliphatic carboxylic acids is 1. The Morgan fingerprint density at radius 1 is 0.952 bits per heavy atom. The fraction of sp³-hybridized carbons (Fsp3) is 0.722. The third-order valence-corrected chi connectivity index (χ3v) is 3.39. The van der Waals surface area contributed by atoms with E-state index in [0.29, 0.717) is 0 Å². The predicted octanol–water partition coefficient (Wildman–Crippen LogP) is 4.86. The minimum Gasteiger partial charge on any atom is -0.481 e. The summed E-state index contributed by atoms with van der Waals surface area (Å²) in [5.74, 6) is -0.718. The first kappa shape index (κ1) is 19.9. The molecule has 122 valence electrons. The third-order valence-electron chi connectivity index (χ3n) is 3.39. The molecule has 1 atom stereocenters. The van der Waals surface area contributed by atoms with Gasteiger partial charge < -0.3 is 10.2 Å². The predicted molar refractivity (Wildman–Crippen MR) is 88.4 cm³/mol. The first-order valence-electron chi connectivity index (χ1n) is 8.36. The van der Waals surface area contributed by atoms with Gasteiger partial charge in [-0.15, -0.1) is 0 Å². The summed E-state index contributed by atoms with van der Waals surface area (Å²) < 4.78 is 0. The SMILES string of the molecule is CCCCC/C=C\C[C@@H](O)CC/C=C\CCCCC(=O)O. The molecule has 0 aromatic carbocycles. The number of unbranched alkanes of at least 4 members (excludes halogenated alkanes) is 5. The van der Waals surface area contributed by atoms with Gasteiger partial charge in [0.1, 0.15) is 0 Å². The van der Waals surface area contributed by atoms with Gasteiger partial charge in [0, 0.05) is 6.42 Å². The molecular weight excluding hydrogens is 264 g/mol. The molecule has 0 saturated carbocycles. The molecule has 0 aliphatic carbocycles. The minimum atomic E-state index is -0.718. The van der Waals surface area contributed by atoms with Gasteiger partial charge in [-0.2, -0.15) is 0 Å². The molecule has 0 aromatic rings. The van der Waals surface area contributed by atoms with Crippen molar-refractivity contribution in [2.45, 2.75) is 83.7 Å².